The van der Waals surface area contributed by atoms with Crippen LogP contribution in [0.5, 0.6) is 0 Å². The maximum absolute atomic E-state index is 9.88. The summed E-state index contributed by atoms with van der Waals surface area (Å²) in [6.45, 7) is 0. The van der Waals surface area contributed by atoms with Gasteiger partial charge in [-0.15, -0.1) is 0 Å². The summed E-state index contributed by atoms with van der Waals surface area (Å²) in [6.07, 6.45) is 0. The van der Waals surface area contributed by atoms with Crippen LogP contribution in [0.3, 0.4) is 0 Å². The fraction of sp³-hybridized carbons (Fsp3) is 0. The maximum Gasteiger partial charge on any atom is 0.147 e. The van der Waals surface area contributed by atoms with Crippen molar-refractivity contribution >= 4 is 54.5 Å². The van der Waals surface area contributed by atoms with E-state index < -0.39 is 205 Å². The molecule has 0 aliphatic carbocycles. The lowest BCUT2D eigenvalue weighted by atomic mass is 9.85. The molecule has 0 radical (unpaired) electrons. The molecular weight excluding hydrogens is 512 g/mol. The second kappa shape index (κ2) is 8.95. The lowest BCUT2D eigenvalue weighted by Gasteiger charge is -2.18. The molecule has 0 aliphatic heterocycles. The average Bonchev–Trinajstić information content (AvgIpc) is 3.90. The van der Waals surface area contributed by atoms with Gasteiger partial charge in [0.1, 0.15) is 22.5 Å². The molecule has 2 aromatic heterocycles. The highest BCUT2D eigenvalue weighted by Gasteiger charge is 2.23. The number of furan rings is 2. The quantitative estimate of drug-likeness (QED) is 0.201. The Kier molecular flexibility index (Phi) is 2.14. The molecular formula is C40H24O2. The molecule has 0 aliphatic rings. The zero-order valence-electron chi connectivity index (χ0n) is 43.9. The van der Waals surface area contributed by atoms with Crippen LogP contribution in [0.25, 0.3) is 88.0 Å². The summed E-state index contributed by atoms with van der Waals surface area (Å²) >= 11 is 0. The second-order valence-electron chi connectivity index (χ2n) is 9.11. The first-order chi connectivity index (χ1) is 30.4. The van der Waals surface area contributed by atoms with Crippen LogP contribution in [-0.2, 0) is 0 Å². The summed E-state index contributed by atoms with van der Waals surface area (Å²) in [4.78, 5) is 0. The molecule has 0 N–H and O–H groups in total. The molecule has 2 nitrogen and oxygen atoms in total. The molecule has 0 bridgehead atoms. The summed E-state index contributed by atoms with van der Waals surface area (Å²) in [5, 5.41) is -3.37. The first-order valence-corrected chi connectivity index (χ1v) is 12.4. The van der Waals surface area contributed by atoms with Gasteiger partial charge >= 0.3 is 0 Å². The van der Waals surface area contributed by atoms with Gasteiger partial charge in [0.25, 0.3) is 0 Å². The van der Waals surface area contributed by atoms with Gasteiger partial charge in [0.05, 0.1) is 36.9 Å². The summed E-state index contributed by atoms with van der Waals surface area (Å²) in [6, 6.07) is -17.8. The van der Waals surface area contributed by atoms with Crippen molar-refractivity contribution in [2.45, 2.75) is 0 Å². The molecule has 0 atom stereocenters. The molecule has 9 aromatic rings. The van der Waals surface area contributed by atoms with Crippen molar-refractivity contribution in [1.82, 2.24) is 0 Å². The van der Waals surface area contributed by atoms with E-state index in [0.29, 0.717) is 0 Å². The van der Waals surface area contributed by atoms with E-state index in [-0.39, 0.29) is 21.7 Å². The van der Waals surface area contributed by atoms with E-state index in [0.717, 1.165) is 6.07 Å². The van der Waals surface area contributed by atoms with E-state index in [9.17, 15) is 6.85 Å². The smallest absolute Gasteiger partial charge is 0.147 e. The zero-order valence-corrected chi connectivity index (χ0v) is 20.9. The number of hydrogen-bond donors (Lipinski definition) is 0. The van der Waals surface area contributed by atoms with E-state index in [1.165, 1.54) is 0 Å². The molecule has 0 fully saturated rings. The van der Waals surface area contributed by atoms with Crippen LogP contribution in [0.4, 0.5) is 0 Å². The Labute approximate surface area is 274 Å². The largest absolute Gasteiger partial charge is 0.455 e. The third-order valence-corrected chi connectivity index (χ3v) is 6.90. The highest BCUT2D eigenvalue weighted by molar-refractivity contribution is 6.27. The van der Waals surface area contributed by atoms with Gasteiger partial charge < -0.3 is 8.83 Å². The fourth-order valence-corrected chi connectivity index (χ4v) is 5.25. The van der Waals surface area contributed by atoms with Crippen LogP contribution in [0.2, 0.25) is 0 Å². The highest BCUT2D eigenvalue weighted by atomic mass is 16.3. The van der Waals surface area contributed by atoms with Gasteiger partial charge in [0.2, 0.25) is 0 Å². The molecule has 0 saturated carbocycles. The van der Waals surface area contributed by atoms with Crippen LogP contribution in [0, 0.1) is 0 Å². The lowest BCUT2D eigenvalue weighted by Crippen LogP contribution is -1.91. The summed E-state index contributed by atoms with van der Waals surface area (Å²) in [7, 11) is 0. The Bertz CT molecular complexity index is 3620. The SMILES string of the molecule is [2H]c1c([2H])c([2H])c(-c2cc3c([2H])c(-c4c5c([2H])c([2H])c([2H])c([2H])c5c(-c5c([2H])c([2H])c([2H])c([2H])c5[2H])c5c([2H])c([2H])c([2H])c([2H])c45)c4oc5c([2H])c([2H])c([2H])c([2H])c5c4c3o2)c([2H])c1[2H]. The number of hydrogen-bond acceptors (Lipinski definition) is 2. The summed E-state index contributed by atoms with van der Waals surface area (Å²) in [5.41, 5.74) is -4.28. The Morgan fingerprint density at radius 1 is 0.452 bits per heavy atom. The van der Waals surface area contributed by atoms with Crippen LogP contribution in [0.1, 0.15) is 31.5 Å². The molecule has 0 saturated heterocycles. The minimum absolute atomic E-state index is 0.290. The van der Waals surface area contributed by atoms with Crippen LogP contribution < -0.4 is 0 Å². The minimum Gasteiger partial charge on any atom is -0.455 e. The normalized spacial score (nSPS) is 19.5. The van der Waals surface area contributed by atoms with E-state index in [1.807, 2.05) is 0 Å². The number of benzene rings is 7. The topological polar surface area (TPSA) is 26.3 Å². The van der Waals surface area contributed by atoms with Crippen LogP contribution >= 0.6 is 0 Å². The molecule has 2 heterocycles. The van der Waals surface area contributed by atoms with Crippen LogP contribution in [0.15, 0.2) is 154 Å². The molecule has 7 aromatic carbocycles. The van der Waals surface area contributed by atoms with Gasteiger partial charge in [-0.3, -0.25) is 0 Å². The van der Waals surface area contributed by atoms with Crippen molar-refractivity contribution in [1.29, 1.82) is 0 Å². The Morgan fingerprint density at radius 3 is 1.62 bits per heavy atom. The average molecular weight is 560 g/mol. The third-order valence-electron chi connectivity index (χ3n) is 6.90. The van der Waals surface area contributed by atoms with Gasteiger partial charge in [-0.2, -0.15) is 0 Å². The standard InChI is InChI=1S/C40H24O2/c1-3-13-25(14-4-1)35-24-27-23-33(40-38(39(27)42-35)32-21-11-12-22-34(32)41-40)37-30-19-9-7-17-28(30)36(26-15-5-2-6-16-26)29-18-8-10-20-31(29)37/h1-24H/i1D,2D,3D,4D,5D,6D,7D,8D,9D,10D,11D,12D,13D,14D,15D,16D,17D,18D,19D,20D,21D,22D,23D. The van der Waals surface area contributed by atoms with Crippen molar-refractivity contribution in [2.24, 2.45) is 0 Å². The monoisotopic (exact) mass is 559 g/mol. The summed E-state index contributed by atoms with van der Waals surface area (Å²) in [5.74, 6) is -0.422. The predicted octanol–water partition coefficient (Wildman–Crippen LogP) is 11.6. The first kappa shape index (κ1) is 10.0. The molecule has 0 amide bonds. The predicted molar refractivity (Wildman–Crippen MR) is 175 cm³/mol. The zero-order chi connectivity index (χ0) is 47.6. The summed E-state index contributed by atoms with van der Waals surface area (Å²) < 4.78 is 215. The first-order valence-electron chi connectivity index (χ1n) is 23.9. The van der Waals surface area contributed by atoms with E-state index in [1.54, 1.807) is 0 Å². The second-order valence-corrected chi connectivity index (χ2v) is 9.11. The molecule has 2 heteroatoms. The molecule has 196 valence electrons. The van der Waals surface area contributed by atoms with Crippen molar-refractivity contribution in [3.63, 3.8) is 0 Å². The molecule has 9 rings (SSSR count). The van der Waals surface area contributed by atoms with Gasteiger partial charge in [0, 0.05) is 27.5 Å². The van der Waals surface area contributed by atoms with Crippen LogP contribution in [-0.4, -0.2) is 0 Å². The van der Waals surface area contributed by atoms with Gasteiger partial charge in [-0.25, -0.2) is 0 Å². The number of para-hydroxylation sites is 1. The van der Waals surface area contributed by atoms with E-state index in [2.05, 4.69) is 0 Å². The number of rotatable bonds is 3. The minimum atomic E-state index is -0.907. The van der Waals surface area contributed by atoms with E-state index in [4.69, 9.17) is 33.5 Å². The van der Waals surface area contributed by atoms with Crippen molar-refractivity contribution in [3.8, 4) is 33.6 Å². The fourth-order valence-electron chi connectivity index (χ4n) is 5.25. The molecule has 42 heavy (non-hydrogen) atoms. The van der Waals surface area contributed by atoms with E-state index >= 15 is 0 Å². The molecule has 0 spiro atoms. The Morgan fingerprint density at radius 2 is 0.976 bits per heavy atom. The van der Waals surface area contributed by atoms with Gasteiger partial charge in [-0.05, 0) is 50.8 Å². The number of fused-ring (bicyclic) bond motifs is 7. The van der Waals surface area contributed by atoms with Gasteiger partial charge in [-0.1, -0.05) is 127 Å². The third kappa shape index (κ3) is 3.33. The highest BCUT2D eigenvalue weighted by Crippen LogP contribution is 2.49. The van der Waals surface area contributed by atoms with Crippen molar-refractivity contribution in [2.75, 3.05) is 0 Å². The lowest BCUT2D eigenvalue weighted by molar-refractivity contribution is 0.633. The maximum atomic E-state index is 9.88. The van der Waals surface area contributed by atoms with Gasteiger partial charge in [0.15, 0.2) is 0 Å². The molecule has 0 unspecified atom stereocenters. The van der Waals surface area contributed by atoms with Crippen molar-refractivity contribution < 1.29 is 40.4 Å². The van der Waals surface area contributed by atoms with Crippen molar-refractivity contribution in [3.05, 3.63) is 145 Å². The Balaban J connectivity index is 1.66. The Hall–Kier alpha value is -5.60.